The quantitative estimate of drug-likeness (QED) is 0.698. The van der Waals surface area contributed by atoms with E-state index in [1.54, 1.807) is 18.2 Å². The van der Waals surface area contributed by atoms with Crippen LogP contribution >= 0.6 is 27.5 Å². The second kappa shape index (κ2) is 4.63. The van der Waals surface area contributed by atoms with Gasteiger partial charge >= 0.3 is 0 Å². The van der Waals surface area contributed by atoms with Gasteiger partial charge in [0.05, 0.1) is 5.02 Å². The van der Waals surface area contributed by atoms with E-state index in [4.69, 9.17) is 11.6 Å². The SMILES string of the molecule is Fc1c(Cl)cccc1C=CCBr. The van der Waals surface area contributed by atoms with E-state index in [9.17, 15) is 4.39 Å². The van der Waals surface area contributed by atoms with E-state index < -0.39 is 0 Å². The van der Waals surface area contributed by atoms with Gasteiger partial charge in [-0.1, -0.05) is 51.8 Å². The lowest BCUT2D eigenvalue weighted by Gasteiger charge is -1.97. The van der Waals surface area contributed by atoms with Crippen LogP contribution < -0.4 is 0 Å². The van der Waals surface area contributed by atoms with Gasteiger partial charge in [-0.15, -0.1) is 0 Å². The van der Waals surface area contributed by atoms with Crippen LogP contribution in [0.2, 0.25) is 5.02 Å². The van der Waals surface area contributed by atoms with E-state index in [0.717, 1.165) is 0 Å². The minimum absolute atomic E-state index is 0.159. The molecule has 1 aromatic rings. The van der Waals surface area contributed by atoms with Crippen molar-refractivity contribution in [1.29, 1.82) is 0 Å². The number of hydrogen-bond donors (Lipinski definition) is 0. The summed E-state index contributed by atoms with van der Waals surface area (Å²) < 4.78 is 13.1. The first-order chi connectivity index (χ1) is 5.75. The molecular formula is C9H7BrClF. The Hall–Kier alpha value is -0.340. The zero-order valence-corrected chi connectivity index (χ0v) is 8.57. The fraction of sp³-hybridized carbons (Fsp3) is 0.111. The van der Waals surface area contributed by atoms with Gasteiger partial charge < -0.3 is 0 Å². The van der Waals surface area contributed by atoms with Crippen LogP contribution in [-0.4, -0.2) is 5.33 Å². The Bertz CT molecular complexity index is 297. The first-order valence-electron chi connectivity index (χ1n) is 3.42. The molecule has 0 spiro atoms. The summed E-state index contributed by atoms with van der Waals surface area (Å²) in [7, 11) is 0. The van der Waals surface area contributed by atoms with Gasteiger partial charge in [0.15, 0.2) is 0 Å². The standard InChI is InChI=1S/C9H7BrClF/c10-6-2-4-7-3-1-5-8(11)9(7)12/h1-5H,6H2. The van der Waals surface area contributed by atoms with Crippen molar-refractivity contribution in [2.45, 2.75) is 0 Å². The third-order valence-corrected chi connectivity index (χ3v) is 2.03. The van der Waals surface area contributed by atoms with Crippen molar-refractivity contribution in [3.8, 4) is 0 Å². The van der Waals surface area contributed by atoms with Gasteiger partial charge in [-0.2, -0.15) is 0 Å². The molecule has 0 unspecified atom stereocenters. The Morgan fingerprint density at radius 1 is 1.50 bits per heavy atom. The second-order valence-electron chi connectivity index (χ2n) is 2.20. The first kappa shape index (κ1) is 9.75. The molecule has 0 nitrogen and oxygen atoms in total. The predicted molar refractivity (Wildman–Crippen MR) is 54.2 cm³/mol. The maximum absolute atomic E-state index is 13.1. The number of benzene rings is 1. The van der Waals surface area contributed by atoms with Gasteiger partial charge in [0.25, 0.3) is 0 Å². The molecule has 12 heavy (non-hydrogen) atoms. The van der Waals surface area contributed by atoms with Gasteiger partial charge in [0, 0.05) is 10.9 Å². The summed E-state index contributed by atoms with van der Waals surface area (Å²) in [6, 6.07) is 4.93. The number of halogens is 3. The third kappa shape index (κ3) is 2.32. The molecule has 0 aliphatic heterocycles. The van der Waals surface area contributed by atoms with Crippen LogP contribution in [0.1, 0.15) is 5.56 Å². The van der Waals surface area contributed by atoms with Crippen molar-refractivity contribution in [3.05, 3.63) is 40.7 Å². The molecule has 0 heterocycles. The molecule has 0 amide bonds. The van der Waals surface area contributed by atoms with Crippen LogP contribution in [0.5, 0.6) is 0 Å². The van der Waals surface area contributed by atoms with Crippen molar-refractivity contribution in [1.82, 2.24) is 0 Å². The Kier molecular flexibility index (Phi) is 3.76. The average molecular weight is 250 g/mol. The summed E-state index contributed by atoms with van der Waals surface area (Å²) in [5.74, 6) is -0.364. The Morgan fingerprint density at radius 3 is 2.92 bits per heavy atom. The zero-order valence-electron chi connectivity index (χ0n) is 6.23. The molecule has 0 bridgehead atoms. The number of rotatable bonds is 2. The highest BCUT2D eigenvalue weighted by Crippen LogP contribution is 2.18. The minimum Gasteiger partial charge on any atom is -0.205 e. The molecule has 0 N–H and O–H groups in total. The average Bonchev–Trinajstić information content (AvgIpc) is 2.08. The highest BCUT2D eigenvalue weighted by atomic mass is 79.9. The van der Waals surface area contributed by atoms with Gasteiger partial charge in [0.1, 0.15) is 5.82 Å². The van der Waals surface area contributed by atoms with Crippen LogP contribution in [0.15, 0.2) is 24.3 Å². The molecule has 0 saturated heterocycles. The summed E-state index contributed by atoms with van der Waals surface area (Å²) in [6.45, 7) is 0. The van der Waals surface area contributed by atoms with Gasteiger partial charge in [-0.25, -0.2) is 4.39 Å². The molecule has 3 heteroatoms. The van der Waals surface area contributed by atoms with Gasteiger partial charge in [-0.3, -0.25) is 0 Å². The minimum atomic E-state index is -0.364. The molecule has 0 fully saturated rings. The van der Waals surface area contributed by atoms with Crippen LogP contribution in [0.3, 0.4) is 0 Å². The van der Waals surface area contributed by atoms with Crippen molar-refractivity contribution in [3.63, 3.8) is 0 Å². The summed E-state index contributed by atoms with van der Waals surface area (Å²) >= 11 is 8.78. The zero-order chi connectivity index (χ0) is 8.97. The second-order valence-corrected chi connectivity index (χ2v) is 3.25. The predicted octanol–water partition coefficient (Wildman–Crippen LogP) is 3.89. The molecule has 0 aromatic heterocycles. The van der Waals surface area contributed by atoms with E-state index >= 15 is 0 Å². The number of allylic oxidation sites excluding steroid dienone is 1. The summed E-state index contributed by atoms with van der Waals surface area (Å²) in [6.07, 6.45) is 3.50. The van der Waals surface area contributed by atoms with Crippen molar-refractivity contribution in [2.75, 3.05) is 5.33 Å². The van der Waals surface area contributed by atoms with Gasteiger partial charge in [0.2, 0.25) is 0 Å². The fourth-order valence-electron chi connectivity index (χ4n) is 0.821. The fourth-order valence-corrected chi connectivity index (χ4v) is 1.19. The normalized spacial score (nSPS) is 10.9. The summed E-state index contributed by atoms with van der Waals surface area (Å²) in [5, 5.41) is 0.866. The molecule has 1 rings (SSSR count). The van der Waals surface area contributed by atoms with Gasteiger partial charge in [-0.05, 0) is 6.07 Å². The summed E-state index contributed by atoms with van der Waals surface area (Å²) in [4.78, 5) is 0. The largest absolute Gasteiger partial charge is 0.205 e. The lowest BCUT2D eigenvalue weighted by atomic mass is 10.2. The molecule has 64 valence electrons. The lowest BCUT2D eigenvalue weighted by Crippen LogP contribution is -1.82. The Labute approximate surface area is 84.2 Å². The van der Waals surface area contributed by atoms with Crippen LogP contribution in [0.4, 0.5) is 4.39 Å². The van der Waals surface area contributed by atoms with Crippen molar-refractivity contribution in [2.24, 2.45) is 0 Å². The molecule has 0 aliphatic carbocycles. The smallest absolute Gasteiger partial charge is 0.148 e. The van der Waals surface area contributed by atoms with Crippen LogP contribution in [-0.2, 0) is 0 Å². The lowest BCUT2D eigenvalue weighted by molar-refractivity contribution is 0.625. The van der Waals surface area contributed by atoms with E-state index in [1.165, 1.54) is 6.07 Å². The van der Waals surface area contributed by atoms with E-state index in [2.05, 4.69) is 15.9 Å². The summed E-state index contributed by atoms with van der Waals surface area (Å²) in [5.41, 5.74) is 0.516. The molecule has 0 radical (unpaired) electrons. The maximum Gasteiger partial charge on any atom is 0.148 e. The monoisotopic (exact) mass is 248 g/mol. The van der Waals surface area contributed by atoms with E-state index in [0.29, 0.717) is 10.9 Å². The maximum atomic E-state index is 13.1. The topological polar surface area (TPSA) is 0 Å². The Morgan fingerprint density at radius 2 is 2.25 bits per heavy atom. The van der Waals surface area contributed by atoms with Crippen LogP contribution in [0, 0.1) is 5.82 Å². The molecule has 1 aromatic carbocycles. The van der Waals surface area contributed by atoms with Crippen molar-refractivity contribution < 1.29 is 4.39 Å². The molecule has 0 atom stereocenters. The highest BCUT2D eigenvalue weighted by Gasteiger charge is 2.01. The molecular weight excluding hydrogens is 242 g/mol. The first-order valence-corrected chi connectivity index (χ1v) is 4.92. The van der Waals surface area contributed by atoms with E-state index in [1.807, 2.05) is 6.08 Å². The number of alkyl halides is 1. The number of hydrogen-bond acceptors (Lipinski definition) is 0. The Balaban J connectivity index is 3.00. The molecule has 0 aliphatic rings. The van der Waals surface area contributed by atoms with E-state index in [-0.39, 0.29) is 10.8 Å². The van der Waals surface area contributed by atoms with Crippen molar-refractivity contribution >= 4 is 33.6 Å². The highest BCUT2D eigenvalue weighted by molar-refractivity contribution is 9.09. The van der Waals surface area contributed by atoms with Crippen LogP contribution in [0.25, 0.3) is 6.08 Å². The molecule has 0 saturated carbocycles. The third-order valence-electron chi connectivity index (χ3n) is 1.37.